The van der Waals surface area contributed by atoms with Crippen molar-refractivity contribution in [3.63, 3.8) is 0 Å². The lowest BCUT2D eigenvalue weighted by Crippen LogP contribution is -2.36. The predicted molar refractivity (Wildman–Crippen MR) is 73.2 cm³/mol. The minimum absolute atomic E-state index is 0.0830. The summed E-state index contributed by atoms with van der Waals surface area (Å²) in [5.41, 5.74) is 5.53. The zero-order valence-electron chi connectivity index (χ0n) is 11.6. The second kappa shape index (κ2) is 5.25. The first kappa shape index (κ1) is 15.3. The molecule has 0 saturated carbocycles. The Labute approximate surface area is 128 Å². The Balaban J connectivity index is 2.05. The summed E-state index contributed by atoms with van der Waals surface area (Å²) in [5.74, 6) is -1.44. The van der Waals surface area contributed by atoms with Gasteiger partial charge in [-0.25, -0.2) is 9.07 Å². The van der Waals surface area contributed by atoms with E-state index in [0.29, 0.717) is 5.56 Å². The molecule has 3 N–H and O–H groups in total. The van der Waals surface area contributed by atoms with Gasteiger partial charge in [0, 0.05) is 6.42 Å². The van der Waals surface area contributed by atoms with Gasteiger partial charge in [0.2, 0.25) is 0 Å². The van der Waals surface area contributed by atoms with E-state index in [9.17, 15) is 22.4 Å². The van der Waals surface area contributed by atoms with Crippen molar-refractivity contribution >= 4 is 11.7 Å². The standard InChI is InChI=1S/C14H12F4N4O/c15-8-3-1-7(2-4-8)10-5-11(14(16,17)18)22-13(21-10)9(6-20-22)12(19)23/h1-4,6,10-11,21H,5H2,(H2,19,23)/t10-,11-/m0/s1. The van der Waals surface area contributed by atoms with Crippen LogP contribution in [0.5, 0.6) is 0 Å². The van der Waals surface area contributed by atoms with Gasteiger partial charge in [0.25, 0.3) is 5.91 Å². The Bertz CT molecular complexity index is 738. The number of halogens is 4. The molecule has 1 aliphatic rings. The van der Waals surface area contributed by atoms with E-state index in [1.165, 1.54) is 24.3 Å². The first-order valence-corrected chi connectivity index (χ1v) is 6.73. The van der Waals surface area contributed by atoms with Gasteiger partial charge in [0.1, 0.15) is 17.2 Å². The van der Waals surface area contributed by atoms with E-state index in [4.69, 9.17) is 5.73 Å². The Morgan fingerprint density at radius 3 is 2.52 bits per heavy atom. The molecule has 1 aromatic heterocycles. The van der Waals surface area contributed by atoms with E-state index < -0.39 is 30.0 Å². The molecular weight excluding hydrogens is 316 g/mol. The van der Waals surface area contributed by atoms with E-state index in [-0.39, 0.29) is 17.8 Å². The molecule has 2 atom stereocenters. The highest BCUT2D eigenvalue weighted by molar-refractivity contribution is 5.97. The molecule has 0 saturated heterocycles. The maximum Gasteiger partial charge on any atom is 0.410 e. The summed E-state index contributed by atoms with van der Waals surface area (Å²) in [6.45, 7) is 0. The fourth-order valence-corrected chi connectivity index (χ4v) is 2.66. The van der Waals surface area contributed by atoms with Crippen LogP contribution in [-0.2, 0) is 0 Å². The van der Waals surface area contributed by atoms with Crippen molar-refractivity contribution in [2.75, 3.05) is 5.32 Å². The van der Waals surface area contributed by atoms with Crippen LogP contribution in [0.4, 0.5) is 23.4 Å². The highest BCUT2D eigenvalue weighted by Gasteiger charge is 2.47. The number of nitrogens with two attached hydrogens (primary N) is 1. The third-order valence-corrected chi connectivity index (χ3v) is 3.78. The summed E-state index contributed by atoms with van der Waals surface area (Å²) in [6, 6.07) is 2.49. The number of nitrogens with zero attached hydrogens (tertiary/aromatic N) is 2. The zero-order valence-corrected chi connectivity index (χ0v) is 11.6. The van der Waals surface area contributed by atoms with Crippen LogP contribution in [0, 0.1) is 5.82 Å². The lowest BCUT2D eigenvalue weighted by atomic mass is 9.96. The Hall–Kier alpha value is -2.58. The number of anilines is 1. The second-order valence-corrected chi connectivity index (χ2v) is 5.26. The number of primary amides is 1. The van der Waals surface area contributed by atoms with Gasteiger partial charge < -0.3 is 11.1 Å². The number of benzene rings is 1. The van der Waals surface area contributed by atoms with Crippen molar-refractivity contribution in [1.29, 1.82) is 0 Å². The molecule has 0 spiro atoms. The number of alkyl halides is 3. The third kappa shape index (κ3) is 2.73. The van der Waals surface area contributed by atoms with Gasteiger partial charge in [-0.05, 0) is 17.7 Å². The maximum atomic E-state index is 13.3. The molecule has 0 aliphatic carbocycles. The van der Waals surface area contributed by atoms with Gasteiger partial charge in [-0.1, -0.05) is 12.1 Å². The van der Waals surface area contributed by atoms with Crippen LogP contribution in [0.1, 0.15) is 34.4 Å². The average molecular weight is 328 g/mol. The number of hydrogen-bond donors (Lipinski definition) is 2. The van der Waals surface area contributed by atoms with Crippen LogP contribution in [0.2, 0.25) is 0 Å². The van der Waals surface area contributed by atoms with Crippen LogP contribution >= 0.6 is 0 Å². The average Bonchev–Trinajstić information content (AvgIpc) is 2.89. The number of fused-ring (bicyclic) bond motifs is 1. The third-order valence-electron chi connectivity index (χ3n) is 3.78. The number of aromatic nitrogens is 2. The Kier molecular flexibility index (Phi) is 3.50. The van der Waals surface area contributed by atoms with E-state index in [1.54, 1.807) is 0 Å². The molecule has 0 fully saturated rings. The molecule has 23 heavy (non-hydrogen) atoms. The second-order valence-electron chi connectivity index (χ2n) is 5.26. The molecule has 1 aliphatic heterocycles. The molecule has 1 aromatic carbocycles. The molecule has 2 aromatic rings. The molecule has 3 rings (SSSR count). The molecule has 122 valence electrons. The van der Waals surface area contributed by atoms with Crippen LogP contribution in [0.3, 0.4) is 0 Å². The topological polar surface area (TPSA) is 72.9 Å². The summed E-state index contributed by atoms with van der Waals surface area (Å²) in [7, 11) is 0. The van der Waals surface area contributed by atoms with Crippen molar-refractivity contribution in [1.82, 2.24) is 9.78 Å². The highest BCUT2D eigenvalue weighted by Crippen LogP contribution is 2.44. The van der Waals surface area contributed by atoms with Crippen LogP contribution < -0.4 is 11.1 Å². The van der Waals surface area contributed by atoms with Crippen molar-refractivity contribution in [3.8, 4) is 0 Å². The molecule has 0 unspecified atom stereocenters. The number of carbonyl (C=O) groups is 1. The molecule has 2 heterocycles. The summed E-state index contributed by atoms with van der Waals surface area (Å²) >= 11 is 0. The zero-order chi connectivity index (χ0) is 16.8. The van der Waals surface area contributed by atoms with Crippen LogP contribution in [0.15, 0.2) is 30.5 Å². The van der Waals surface area contributed by atoms with Crippen molar-refractivity contribution < 1.29 is 22.4 Å². The normalized spacial score (nSPS) is 20.7. The van der Waals surface area contributed by atoms with Gasteiger partial charge in [-0.15, -0.1) is 0 Å². The molecule has 5 nitrogen and oxygen atoms in total. The highest BCUT2D eigenvalue weighted by atomic mass is 19.4. The smallest absolute Gasteiger partial charge is 0.365 e. The van der Waals surface area contributed by atoms with E-state index >= 15 is 0 Å². The van der Waals surface area contributed by atoms with E-state index in [0.717, 1.165) is 10.9 Å². The molecule has 0 radical (unpaired) electrons. The lowest BCUT2D eigenvalue weighted by molar-refractivity contribution is -0.173. The molecule has 9 heteroatoms. The quantitative estimate of drug-likeness (QED) is 0.833. The minimum atomic E-state index is -4.55. The lowest BCUT2D eigenvalue weighted by Gasteiger charge is -2.33. The first-order valence-electron chi connectivity index (χ1n) is 6.73. The van der Waals surface area contributed by atoms with E-state index in [2.05, 4.69) is 10.4 Å². The summed E-state index contributed by atoms with van der Waals surface area (Å²) in [4.78, 5) is 11.4. The van der Waals surface area contributed by atoms with Crippen LogP contribution in [-0.4, -0.2) is 21.9 Å². The van der Waals surface area contributed by atoms with Crippen molar-refractivity contribution in [2.24, 2.45) is 5.73 Å². The monoisotopic (exact) mass is 328 g/mol. The SMILES string of the molecule is NC(=O)c1cnn2c1N[C@H](c1ccc(F)cc1)C[C@H]2C(F)(F)F. The van der Waals surface area contributed by atoms with Gasteiger partial charge >= 0.3 is 6.18 Å². The number of nitrogens with one attached hydrogen (secondary N) is 1. The first-order chi connectivity index (χ1) is 10.8. The number of rotatable bonds is 2. The summed E-state index contributed by atoms with van der Waals surface area (Å²) < 4.78 is 53.7. The van der Waals surface area contributed by atoms with Gasteiger partial charge in [-0.2, -0.15) is 18.3 Å². The number of amides is 1. The van der Waals surface area contributed by atoms with Gasteiger partial charge in [0.05, 0.1) is 12.2 Å². The largest absolute Gasteiger partial charge is 0.410 e. The Morgan fingerprint density at radius 1 is 1.30 bits per heavy atom. The fraction of sp³-hybridized carbons (Fsp3) is 0.286. The summed E-state index contributed by atoms with van der Waals surface area (Å²) in [5, 5.41) is 6.48. The molecule has 0 bridgehead atoms. The summed E-state index contributed by atoms with van der Waals surface area (Å²) in [6.07, 6.45) is -3.87. The van der Waals surface area contributed by atoms with Crippen molar-refractivity contribution in [3.05, 3.63) is 47.4 Å². The Morgan fingerprint density at radius 2 is 1.96 bits per heavy atom. The number of hydrogen-bond acceptors (Lipinski definition) is 3. The van der Waals surface area contributed by atoms with Gasteiger partial charge in [0.15, 0.2) is 6.04 Å². The molecular formula is C14H12F4N4O. The van der Waals surface area contributed by atoms with Crippen molar-refractivity contribution in [2.45, 2.75) is 24.7 Å². The predicted octanol–water partition coefficient (Wildman–Crippen LogP) is 2.78. The van der Waals surface area contributed by atoms with E-state index in [1.807, 2.05) is 0 Å². The van der Waals surface area contributed by atoms with Gasteiger partial charge in [-0.3, -0.25) is 4.79 Å². The van der Waals surface area contributed by atoms with Crippen LogP contribution in [0.25, 0.3) is 0 Å². The fourth-order valence-electron chi connectivity index (χ4n) is 2.66. The minimum Gasteiger partial charge on any atom is -0.365 e. The molecule has 1 amide bonds. The number of carbonyl (C=O) groups excluding carboxylic acids is 1. The maximum absolute atomic E-state index is 13.3.